The first-order valence-corrected chi connectivity index (χ1v) is 8.94. The first kappa shape index (κ1) is 16.6. The van der Waals surface area contributed by atoms with Gasteiger partial charge in [0.1, 0.15) is 0 Å². The average Bonchev–Trinajstić information content (AvgIpc) is 2.98. The standard InChI is InChI=1S/C20H12F3O2S/c1-25-20(24)11-6-7-18-14(8-11)13-4-2-3-5-17(13)26(18)12-9-15(21)19(23)16(22)10-12/h2-10H,1H3/q+1. The zero-order valence-corrected chi connectivity index (χ0v) is 14.4. The number of ether oxygens (including phenoxy) is 1. The summed E-state index contributed by atoms with van der Waals surface area (Å²) in [4.78, 5) is 12.2. The number of hydrogen-bond donors (Lipinski definition) is 0. The molecule has 130 valence electrons. The van der Waals surface area contributed by atoms with Crippen molar-refractivity contribution < 1.29 is 22.7 Å². The van der Waals surface area contributed by atoms with Gasteiger partial charge < -0.3 is 4.74 Å². The summed E-state index contributed by atoms with van der Waals surface area (Å²) < 4.78 is 47.4. The Morgan fingerprint density at radius 2 is 1.54 bits per heavy atom. The van der Waals surface area contributed by atoms with Crippen molar-refractivity contribution >= 4 is 36.6 Å². The minimum absolute atomic E-state index is 0.346. The van der Waals surface area contributed by atoms with E-state index in [0.717, 1.165) is 32.3 Å². The van der Waals surface area contributed by atoms with Gasteiger partial charge in [-0.3, -0.25) is 0 Å². The van der Waals surface area contributed by atoms with E-state index in [1.165, 1.54) is 7.11 Å². The average molecular weight is 373 g/mol. The summed E-state index contributed by atoms with van der Waals surface area (Å²) in [5.41, 5.74) is 0.392. The molecule has 0 aliphatic rings. The third-order valence-corrected chi connectivity index (χ3v) is 6.51. The molecule has 1 aromatic heterocycles. The van der Waals surface area contributed by atoms with E-state index >= 15 is 0 Å². The maximum Gasteiger partial charge on any atom is 0.337 e. The minimum atomic E-state index is -1.48. The predicted octanol–water partition coefficient (Wildman–Crippen LogP) is 5.94. The quantitative estimate of drug-likeness (QED) is 0.247. The molecule has 6 heteroatoms. The van der Waals surface area contributed by atoms with Crippen LogP contribution in [-0.4, -0.2) is 13.1 Å². The van der Waals surface area contributed by atoms with Crippen molar-refractivity contribution in [3.63, 3.8) is 0 Å². The Hall–Kier alpha value is -2.86. The van der Waals surface area contributed by atoms with E-state index in [9.17, 15) is 18.0 Å². The van der Waals surface area contributed by atoms with Crippen LogP contribution >= 0.6 is 10.5 Å². The number of carbonyl (C=O) groups is 1. The van der Waals surface area contributed by atoms with Gasteiger partial charge in [-0.25, -0.2) is 18.0 Å². The molecule has 0 bridgehead atoms. The van der Waals surface area contributed by atoms with E-state index in [4.69, 9.17) is 4.74 Å². The molecule has 0 saturated heterocycles. The predicted molar refractivity (Wildman–Crippen MR) is 96.5 cm³/mol. The molecule has 0 saturated carbocycles. The molecule has 4 rings (SSSR count). The summed E-state index contributed by atoms with van der Waals surface area (Å²) in [5.74, 6) is -4.38. The molecule has 1 atom stereocenters. The number of thiophene rings is 1. The second-order valence-corrected chi connectivity index (χ2v) is 7.67. The van der Waals surface area contributed by atoms with Crippen molar-refractivity contribution in [2.75, 3.05) is 7.11 Å². The van der Waals surface area contributed by atoms with Crippen LogP contribution in [0, 0.1) is 17.5 Å². The van der Waals surface area contributed by atoms with Crippen LogP contribution in [0.1, 0.15) is 10.4 Å². The molecular weight excluding hydrogens is 361 g/mol. The number of hydrogen-bond acceptors (Lipinski definition) is 2. The summed E-state index contributed by atoms with van der Waals surface area (Å²) >= 11 is 0. The summed E-state index contributed by atoms with van der Waals surface area (Å²) in [7, 11) is 0.512. The third kappa shape index (κ3) is 2.45. The molecule has 0 amide bonds. The lowest BCUT2D eigenvalue weighted by molar-refractivity contribution is 0.0601. The normalized spacial score (nSPS) is 11.9. The molecule has 4 aromatic rings. The SMILES string of the molecule is COC(=O)c1ccc2c(c1)c1ccccc1[s+]2-c1cc(F)c(F)c(F)c1. The largest absolute Gasteiger partial charge is 0.465 e. The monoisotopic (exact) mass is 373 g/mol. The summed E-state index contributed by atoms with van der Waals surface area (Å²) in [6, 6.07) is 14.6. The Bertz CT molecular complexity index is 1160. The fourth-order valence-corrected chi connectivity index (χ4v) is 5.45. The highest BCUT2D eigenvalue weighted by Gasteiger charge is 2.27. The van der Waals surface area contributed by atoms with E-state index in [1.807, 2.05) is 24.3 Å². The van der Waals surface area contributed by atoms with Crippen molar-refractivity contribution in [2.24, 2.45) is 0 Å². The van der Waals surface area contributed by atoms with Crippen LogP contribution in [0.3, 0.4) is 0 Å². The van der Waals surface area contributed by atoms with E-state index in [-0.39, 0.29) is 0 Å². The van der Waals surface area contributed by atoms with Gasteiger partial charge in [-0.1, -0.05) is 12.1 Å². The van der Waals surface area contributed by atoms with Gasteiger partial charge >= 0.3 is 5.97 Å². The number of methoxy groups -OCH3 is 1. The van der Waals surface area contributed by atoms with E-state index in [0.29, 0.717) is 10.5 Å². The van der Waals surface area contributed by atoms with Crippen LogP contribution in [0.2, 0.25) is 0 Å². The molecule has 1 heterocycles. The van der Waals surface area contributed by atoms with Gasteiger partial charge in [0.15, 0.2) is 31.7 Å². The topological polar surface area (TPSA) is 26.3 Å². The lowest BCUT2D eigenvalue weighted by atomic mass is 10.1. The molecule has 0 radical (unpaired) electrons. The van der Waals surface area contributed by atoms with Gasteiger partial charge in [-0.15, -0.1) is 0 Å². The number of carbonyl (C=O) groups excluding carboxylic acids is 1. The maximum absolute atomic E-state index is 13.8. The third-order valence-electron chi connectivity index (χ3n) is 4.21. The molecule has 26 heavy (non-hydrogen) atoms. The Morgan fingerprint density at radius 3 is 2.23 bits per heavy atom. The van der Waals surface area contributed by atoms with Crippen LogP contribution < -0.4 is 0 Å². The van der Waals surface area contributed by atoms with Crippen molar-refractivity contribution in [1.29, 1.82) is 0 Å². The second-order valence-electron chi connectivity index (χ2n) is 5.71. The van der Waals surface area contributed by atoms with Gasteiger partial charge in [0.25, 0.3) is 0 Å². The van der Waals surface area contributed by atoms with Crippen molar-refractivity contribution in [3.8, 4) is 4.90 Å². The zero-order valence-electron chi connectivity index (χ0n) is 13.6. The van der Waals surface area contributed by atoms with Crippen LogP contribution in [-0.2, 0) is 4.74 Å². The lowest BCUT2D eigenvalue weighted by Crippen LogP contribution is -2.00. The summed E-state index contributed by atoms with van der Waals surface area (Å²) in [5, 5.41) is 1.68. The first-order chi connectivity index (χ1) is 12.5. The van der Waals surface area contributed by atoms with Crippen LogP contribution in [0.15, 0.2) is 54.6 Å². The van der Waals surface area contributed by atoms with Gasteiger partial charge in [-0.2, -0.15) is 0 Å². The molecule has 0 N–H and O–H groups in total. The summed E-state index contributed by atoms with van der Waals surface area (Å²) in [6.45, 7) is 0. The highest BCUT2D eigenvalue weighted by Crippen LogP contribution is 2.48. The second kappa shape index (κ2) is 6.14. The van der Waals surface area contributed by atoms with E-state index in [2.05, 4.69) is 0 Å². The van der Waals surface area contributed by atoms with Crippen molar-refractivity contribution in [2.45, 2.75) is 0 Å². The van der Waals surface area contributed by atoms with Gasteiger partial charge in [0, 0.05) is 33.4 Å². The Balaban J connectivity index is 2.10. The molecule has 1 unspecified atom stereocenters. The van der Waals surface area contributed by atoms with Crippen LogP contribution in [0.4, 0.5) is 13.2 Å². The Kier molecular flexibility index (Phi) is 3.92. The highest BCUT2D eigenvalue weighted by molar-refractivity contribution is 7.50. The van der Waals surface area contributed by atoms with Crippen LogP contribution in [0.25, 0.3) is 25.1 Å². The Labute approximate surface area is 149 Å². The van der Waals surface area contributed by atoms with E-state index < -0.39 is 33.9 Å². The molecular formula is C20H12F3O2S+. The number of esters is 1. The smallest absolute Gasteiger partial charge is 0.337 e. The zero-order chi connectivity index (χ0) is 18.4. The van der Waals surface area contributed by atoms with Gasteiger partial charge in [0.2, 0.25) is 0 Å². The van der Waals surface area contributed by atoms with Crippen molar-refractivity contribution in [1.82, 2.24) is 0 Å². The number of rotatable bonds is 2. The van der Waals surface area contributed by atoms with Gasteiger partial charge in [-0.05, 0) is 30.3 Å². The molecule has 0 fully saturated rings. The first-order valence-electron chi connectivity index (χ1n) is 7.72. The molecule has 0 aliphatic carbocycles. The number of fused-ring (bicyclic) bond motifs is 3. The van der Waals surface area contributed by atoms with E-state index in [1.54, 1.807) is 18.2 Å². The highest BCUT2D eigenvalue weighted by atomic mass is 32.2. The number of halogens is 3. The molecule has 0 aliphatic heterocycles. The fraction of sp³-hybridized carbons (Fsp3) is 0.0500. The molecule has 3 aromatic carbocycles. The van der Waals surface area contributed by atoms with Crippen molar-refractivity contribution in [3.05, 3.63) is 77.6 Å². The van der Waals surface area contributed by atoms with Gasteiger partial charge in [0.05, 0.1) is 12.7 Å². The molecule has 2 nitrogen and oxygen atoms in total. The molecule has 0 spiro atoms. The number of benzene rings is 3. The maximum atomic E-state index is 13.8. The fourth-order valence-electron chi connectivity index (χ4n) is 3.05. The summed E-state index contributed by atoms with van der Waals surface area (Å²) in [6.07, 6.45) is 0. The van der Waals surface area contributed by atoms with Crippen LogP contribution in [0.5, 0.6) is 0 Å². The Morgan fingerprint density at radius 1 is 0.885 bits per heavy atom. The minimum Gasteiger partial charge on any atom is -0.465 e. The lowest BCUT2D eigenvalue weighted by Gasteiger charge is -1.99.